The molecule has 0 saturated carbocycles. The number of aromatic hydroxyl groups is 1. The summed E-state index contributed by atoms with van der Waals surface area (Å²) < 4.78 is 0. The van der Waals surface area contributed by atoms with Crippen molar-refractivity contribution in [2.75, 3.05) is 0 Å². The largest absolute Gasteiger partial charge is 0.508 e. The SMILES string of the molecule is C=CC(C)(C=Cc1ccc(O)cc1)CCC=C(C)C. The van der Waals surface area contributed by atoms with Crippen LogP contribution in [-0.2, 0) is 0 Å². The molecule has 0 saturated heterocycles. The lowest BCUT2D eigenvalue weighted by molar-refractivity contribution is 0.475. The van der Waals surface area contributed by atoms with E-state index in [0.29, 0.717) is 5.75 Å². The van der Waals surface area contributed by atoms with Crippen molar-refractivity contribution in [3.05, 3.63) is 60.2 Å². The molecule has 1 aromatic carbocycles. The molecule has 0 aliphatic heterocycles. The molecule has 0 aliphatic rings. The van der Waals surface area contributed by atoms with E-state index >= 15 is 0 Å². The second kappa shape index (κ2) is 6.98. The highest BCUT2D eigenvalue weighted by Crippen LogP contribution is 2.28. The van der Waals surface area contributed by atoms with Crippen LogP contribution < -0.4 is 0 Å². The lowest BCUT2D eigenvalue weighted by Crippen LogP contribution is -2.08. The summed E-state index contributed by atoms with van der Waals surface area (Å²) in [5.74, 6) is 0.298. The Balaban J connectivity index is 2.71. The third-order valence-corrected chi connectivity index (χ3v) is 3.25. The molecule has 0 radical (unpaired) electrons. The van der Waals surface area contributed by atoms with Gasteiger partial charge in [0.1, 0.15) is 5.75 Å². The van der Waals surface area contributed by atoms with Gasteiger partial charge in [-0.1, -0.05) is 48.9 Å². The lowest BCUT2D eigenvalue weighted by Gasteiger charge is -2.20. The monoisotopic (exact) mass is 256 g/mol. The number of phenolic OH excluding ortho intramolecular Hbond substituents is 1. The maximum atomic E-state index is 9.25. The summed E-state index contributed by atoms with van der Waals surface area (Å²) in [6.45, 7) is 10.4. The Labute approximate surface area is 117 Å². The molecule has 1 atom stereocenters. The van der Waals surface area contributed by atoms with Crippen LogP contribution in [0, 0.1) is 5.41 Å². The summed E-state index contributed by atoms with van der Waals surface area (Å²) in [6, 6.07) is 7.22. The number of rotatable bonds is 6. The minimum Gasteiger partial charge on any atom is -0.508 e. The Morgan fingerprint density at radius 1 is 1.26 bits per heavy atom. The molecule has 19 heavy (non-hydrogen) atoms. The van der Waals surface area contributed by atoms with Crippen molar-refractivity contribution in [2.45, 2.75) is 33.6 Å². The molecule has 0 bridgehead atoms. The van der Waals surface area contributed by atoms with Gasteiger partial charge in [-0.25, -0.2) is 0 Å². The van der Waals surface area contributed by atoms with E-state index in [4.69, 9.17) is 0 Å². The molecule has 0 aliphatic carbocycles. The lowest BCUT2D eigenvalue weighted by atomic mass is 9.84. The van der Waals surface area contributed by atoms with Gasteiger partial charge in [0.25, 0.3) is 0 Å². The fraction of sp³-hybridized carbons (Fsp3) is 0.333. The second-order valence-corrected chi connectivity index (χ2v) is 5.45. The molecule has 0 aromatic heterocycles. The summed E-state index contributed by atoms with van der Waals surface area (Å²) >= 11 is 0. The molecule has 0 fully saturated rings. The summed E-state index contributed by atoms with van der Waals surface area (Å²) in [4.78, 5) is 0. The first-order valence-corrected chi connectivity index (χ1v) is 6.70. The zero-order valence-corrected chi connectivity index (χ0v) is 12.2. The van der Waals surface area contributed by atoms with Crippen LogP contribution in [0.4, 0.5) is 0 Å². The topological polar surface area (TPSA) is 20.2 Å². The van der Waals surface area contributed by atoms with E-state index in [1.54, 1.807) is 12.1 Å². The van der Waals surface area contributed by atoms with Crippen LogP contribution in [0.25, 0.3) is 6.08 Å². The van der Waals surface area contributed by atoms with E-state index in [1.807, 2.05) is 18.2 Å². The van der Waals surface area contributed by atoms with Gasteiger partial charge in [-0.05, 0) is 44.4 Å². The van der Waals surface area contributed by atoms with Crippen molar-refractivity contribution in [1.29, 1.82) is 0 Å². The van der Waals surface area contributed by atoms with Crippen LogP contribution in [0.1, 0.15) is 39.2 Å². The Morgan fingerprint density at radius 3 is 2.42 bits per heavy atom. The van der Waals surface area contributed by atoms with E-state index in [-0.39, 0.29) is 5.41 Å². The fourth-order valence-electron chi connectivity index (χ4n) is 1.80. The first-order valence-electron chi connectivity index (χ1n) is 6.70. The maximum absolute atomic E-state index is 9.25. The van der Waals surface area contributed by atoms with Crippen molar-refractivity contribution < 1.29 is 5.11 Å². The van der Waals surface area contributed by atoms with E-state index in [2.05, 4.69) is 45.6 Å². The Morgan fingerprint density at radius 2 is 1.89 bits per heavy atom. The number of hydrogen-bond acceptors (Lipinski definition) is 1. The van der Waals surface area contributed by atoms with Gasteiger partial charge in [-0.2, -0.15) is 0 Å². The molecule has 0 amide bonds. The van der Waals surface area contributed by atoms with Crippen molar-refractivity contribution in [3.8, 4) is 5.75 Å². The minimum absolute atomic E-state index is 0.00381. The van der Waals surface area contributed by atoms with Gasteiger partial charge in [0.15, 0.2) is 0 Å². The summed E-state index contributed by atoms with van der Waals surface area (Å²) in [5, 5.41) is 9.25. The molecule has 1 unspecified atom stereocenters. The smallest absolute Gasteiger partial charge is 0.115 e. The van der Waals surface area contributed by atoms with Gasteiger partial charge in [-0.3, -0.25) is 0 Å². The van der Waals surface area contributed by atoms with Gasteiger partial charge in [-0.15, -0.1) is 6.58 Å². The molecule has 1 aromatic rings. The van der Waals surface area contributed by atoms with E-state index in [1.165, 1.54) is 5.57 Å². The van der Waals surface area contributed by atoms with E-state index < -0.39 is 0 Å². The van der Waals surface area contributed by atoms with Crippen LogP contribution in [-0.4, -0.2) is 5.11 Å². The highest BCUT2D eigenvalue weighted by molar-refractivity contribution is 5.51. The fourth-order valence-corrected chi connectivity index (χ4v) is 1.80. The number of benzene rings is 1. The molecule has 0 spiro atoms. The molecule has 1 heteroatoms. The minimum atomic E-state index is 0.00381. The molecule has 102 valence electrons. The maximum Gasteiger partial charge on any atom is 0.115 e. The number of phenols is 1. The van der Waals surface area contributed by atoms with Crippen molar-refractivity contribution in [1.82, 2.24) is 0 Å². The molecule has 1 rings (SSSR count). The Hall–Kier alpha value is -1.76. The standard InChI is InChI=1S/C18H24O/c1-5-18(4,13-6-7-15(2)3)14-12-16-8-10-17(19)11-9-16/h5,7-12,14,19H,1,6,13H2,2-4H3. The van der Waals surface area contributed by atoms with Gasteiger partial charge in [0.05, 0.1) is 0 Å². The average Bonchev–Trinajstić information content (AvgIpc) is 2.38. The number of allylic oxidation sites excluding steroid dienone is 4. The van der Waals surface area contributed by atoms with Crippen molar-refractivity contribution in [2.24, 2.45) is 5.41 Å². The Kier molecular flexibility index (Phi) is 5.62. The summed E-state index contributed by atoms with van der Waals surface area (Å²) in [5.41, 5.74) is 2.45. The predicted octanol–water partition coefficient (Wildman–Crippen LogP) is 5.34. The molecule has 1 nitrogen and oxygen atoms in total. The molecule has 0 heterocycles. The van der Waals surface area contributed by atoms with Gasteiger partial charge in [0.2, 0.25) is 0 Å². The predicted molar refractivity (Wildman–Crippen MR) is 84.1 cm³/mol. The normalized spacial score (nSPS) is 14.1. The van der Waals surface area contributed by atoms with Crippen molar-refractivity contribution >= 4 is 6.08 Å². The first-order chi connectivity index (χ1) is 8.95. The van der Waals surface area contributed by atoms with Gasteiger partial charge in [0, 0.05) is 5.41 Å². The molecule has 1 N–H and O–H groups in total. The quantitative estimate of drug-likeness (QED) is 0.681. The average molecular weight is 256 g/mol. The molecular weight excluding hydrogens is 232 g/mol. The van der Waals surface area contributed by atoms with Gasteiger partial charge < -0.3 is 5.11 Å². The van der Waals surface area contributed by atoms with Crippen LogP contribution in [0.3, 0.4) is 0 Å². The van der Waals surface area contributed by atoms with Crippen LogP contribution in [0.5, 0.6) is 5.75 Å². The number of hydrogen-bond donors (Lipinski definition) is 1. The highest BCUT2D eigenvalue weighted by atomic mass is 16.3. The van der Waals surface area contributed by atoms with Crippen LogP contribution in [0.15, 0.2) is 54.6 Å². The first kappa shape index (κ1) is 15.3. The van der Waals surface area contributed by atoms with E-state index in [0.717, 1.165) is 18.4 Å². The third-order valence-electron chi connectivity index (χ3n) is 3.25. The summed E-state index contributed by atoms with van der Waals surface area (Å²) in [6.07, 6.45) is 10.6. The van der Waals surface area contributed by atoms with Crippen molar-refractivity contribution in [3.63, 3.8) is 0 Å². The third kappa shape index (κ3) is 5.60. The second-order valence-electron chi connectivity index (χ2n) is 5.45. The van der Waals surface area contributed by atoms with E-state index in [9.17, 15) is 5.11 Å². The Bertz CT molecular complexity index is 461. The zero-order valence-electron chi connectivity index (χ0n) is 12.2. The highest BCUT2D eigenvalue weighted by Gasteiger charge is 2.14. The van der Waals surface area contributed by atoms with Crippen LogP contribution >= 0.6 is 0 Å². The van der Waals surface area contributed by atoms with Gasteiger partial charge >= 0.3 is 0 Å². The zero-order chi connectivity index (χ0) is 14.3. The summed E-state index contributed by atoms with van der Waals surface area (Å²) in [7, 11) is 0. The molecular formula is C18H24O. The van der Waals surface area contributed by atoms with Crippen LogP contribution in [0.2, 0.25) is 0 Å².